The monoisotopic (exact) mass is 281 g/mol. The molecule has 6 heteroatoms. The molecule has 0 amide bonds. The second-order valence-electron chi connectivity index (χ2n) is 3.50. The van der Waals surface area contributed by atoms with Crippen LogP contribution in [0.15, 0.2) is 5.18 Å². The van der Waals surface area contributed by atoms with Gasteiger partial charge in [0.2, 0.25) is 0 Å². The highest BCUT2D eigenvalue weighted by atomic mass is 16.8. The van der Waals surface area contributed by atoms with E-state index < -0.39 is 18.2 Å². The van der Waals surface area contributed by atoms with Crippen LogP contribution in [-0.2, 0) is 14.2 Å². The van der Waals surface area contributed by atoms with Crippen LogP contribution >= 0.6 is 0 Å². The van der Waals surface area contributed by atoms with E-state index in [1.807, 2.05) is 27.7 Å². The van der Waals surface area contributed by atoms with E-state index in [4.69, 9.17) is 19.1 Å². The number of methoxy groups -OCH3 is 1. The van der Waals surface area contributed by atoms with Crippen molar-refractivity contribution in [3.8, 4) is 0 Å². The Hall–Kier alpha value is -0.560. The summed E-state index contributed by atoms with van der Waals surface area (Å²) in [5, 5.41) is 11.6. The zero-order valence-electron chi connectivity index (χ0n) is 13.6. The quantitative estimate of drug-likeness (QED) is 0.635. The largest absolute Gasteiger partial charge is 0.388 e. The van der Waals surface area contributed by atoms with E-state index in [-0.39, 0.29) is 0 Å². The minimum atomic E-state index is -0.698. The zero-order valence-corrected chi connectivity index (χ0v) is 13.6. The van der Waals surface area contributed by atoms with E-state index in [1.54, 1.807) is 21.0 Å². The Balaban J connectivity index is -0.000000313. The molecule has 2 atom stereocenters. The zero-order chi connectivity index (χ0) is 15.9. The third-order valence-corrected chi connectivity index (χ3v) is 1.90. The maximum Gasteiger partial charge on any atom is 0.186 e. The van der Waals surface area contributed by atoms with Gasteiger partial charge in [0, 0.05) is 13.5 Å². The van der Waals surface area contributed by atoms with Crippen LogP contribution in [0.3, 0.4) is 0 Å². The summed E-state index contributed by atoms with van der Waals surface area (Å²) in [6, 6.07) is 0. The first-order chi connectivity index (χ1) is 8.96. The van der Waals surface area contributed by atoms with Crippen molar-refractivity contribution in [2.45, 2.75) is 66.1 Å². The molecule has 0 bridgehead atoms. The van der Waals surface area contributed by atoms with Crippen molar-refractivity contribution in [3.05, 3.63) is 4.91 Å². The minimum absolute atomic E-state index is 0.528. The molecule has 1 heterocycles. The topological polar surface area (TPSA) is 77.4 Å². The van der Waals surface area contributed by atoms with E-state index in [0.717, 1.165) is 0 Å². The van der Waals surface area contributed by atoms with Crippen molar-refractivity contribution in [3.63, 3.8) is 0 Å². The lowest BCUT2D eigenvalue weighted by Gasteiger charge is -2.28. The normalized spacial score (nSPS) is 20.9. The number of aliphatic hydroxyl groups is 1. The number of aliphatic hydroxyl groups excluding tert-OH is 1. The van der Waals surface area contributed by atoms with Crippen LogP contribution in [0.2, 0.25) is 0 Å². The molecule has 1 aliphatic heterocycles. The summed E-state index contributed by atoms with van der Waals surface area (Å²) in [4.78, 5) is 8.56. The Labute approximate surface area is 117 Å². The van der Waals surface area contributed by atoms with Gasteiger partial charge < -0.3 is 19.3 Å². The van der Waals surface area contributed by atoms with Gasteiger partial charge in [-0.2, -0.15) is 4.91 Å². The standard InChI is InChI=1S/C8H16O4.2C2H6.CH3NO/c1-8(2,10-3)12-7-6(9)4-5-11-7;2*1-2;1-2-3/h6-7,9H,4-5H2,1-3H3;2*1-2H3;1H3. The number of ether oxygens (including phenoxy) is 3. The molecule has 6 nitrogen and oxygen atoms in total. The summed E-state index contributed by atoms with van der Waals surface area (Å²) in [6.07, 6.45) is -0.441. The smallest absolute Gasteiger partial charge is 0.186 e. The molecule has 1 N–H and O–H groups in total. The average molecular weight is 281 g/mol. The molecular weight excluding hydrogens is 250 g/mol. The first-order valence-electron chi connectivity index (χ1n) is 6.71. The summed E-state index contributed by atoms with van der Waals surface area (Å²) in [5.41, 5.74) is 0. The molecular formula is C13H31NO5. The fourth-order valence-electron chi connectivity index (χ4n) is 0.993. The van der Waals surface area contributed by atoms with Crippen LogP contribution in [0.1, 0.15) is 48.0 Å². The second kappa shape index (κ2) is 15.5. The lowest BCUT2D eigenvalue weighted by atomic mass is 10.3. The van der Waals surface area contributed by atoms with Crippen LogP contribution in [0.4, 0.5) is 0 Å². The lowest BCUT2D eigenvalue weighted by molar-refractivity contribution is -0.288. The van der Waals surface area contributed by atoms with E-state index in [1.165, 1.54) is 7.05 Å². The van der Waals surface area contributed by atoms with Gasteiger partial charge in [0.1, 0.15) is 6.10 Å². The lowest BCUT2D eigenvalue weighted by Crippen LogP contribution is -2.36. The molecule has 0 radical (unpaired) electrons. The summed E-state index contributed by atoms with van der Waals surface area (Å²) in [7, 11) is 2.75. The molecule has 0 aromatic rings. The van der Waals surface area contributed by atoms with Crippen LogP contribution in [0, 0.1) is 4.91 Å². The molecule has 1 rings (SSSR count). The van der Waals surface area contributed by atoms with Crippen LogP contribution in [0.25, 0.3) is 0 Å². The van der Waals surface area contributed by atoms with Crippen molar-refractivity contribution in [2.24, 2.45) is 5.18 Å². The molecule has 118 valence electrons. The van der Waals surface area contributed by atoms with Crippen molar-refractivity contribution < 1.29 is 19.3 Å². The highest BCUT2D eigenvalue weighted by molar-refractivity contribution is 4.69. The summed E-state index contributed by atoms with van der Waals surface area (Å²) < 4.78 is 15.6. The van der Waals surface area contributed by atoms with Crippen molar-refractivity contribution >= 4 is 0 Å². The van der Waals surface area contributed by atoms with Crippen LogP contribution in [0.5, 0.6) is 0 Å². The maximum atomic E-state index is 9.34. The molecule has 0 aromatic carbocycles. The Morgan fingerprint density at radius 1 is 1.26 bits per heavy atom. The van der Waals surface area contributed by atoms with Gasteiger partial charge in [-0.15, -0.1) is 0 Å². The number of nitrogens with zero attached hydrogens (tertiary/aromatic N) is 1. The average Bonchev–Trinajstić information content (AvgIpc) is 2.80. The molecule has 1 fully saturated rings. The summed E-state index contributed by atoms with van der Waals surface area (Å²) >= 11 is 0. The predicted molar refractivity (Wildman–Crippen MR) is 77.0 cm³/mol. The minimum Gasteiger partial charge on any atom is -0.388 e. The van der Waals surface area contributed by atoms with Gasteiger partial charge >= 0.3 is 0 Å². The number of rotatable bonds is 3. The Kier molecular flexibility index (Phi) is 19.2. The second-order valence-corrected chi connectivity index (χ2v) is 3.50. The van der Waals surface area contributed by atoms with Crippen molar-refractivity contribution in [2.75, 3.05) is 20.8 Å². The van der Waals surface area contributed by atoms with Gasteiger partial charge in [-0.05, 0) is 13.8 Å². The van der Waals surface area contributed by atoms with Crippen molar-refractivity contribution in [1.29, 1.82) is 0 Å². The number of hydrogen-bond acceptors (Lipinski definition) is 6. The molecule has 1 saturated heterocycles. The highest BCUT2D eigenvalue weighted by Gasteiger charge is 2.32. The molecule has 1 aliphatic rings. The summed E-state index contributed by atoms with van der Waals surface area (Å²) in [5.74, 6) is -0.698. The summed E-state index contributed by atoms with van der Waals surface area (Å²) in [6.45, 7) is 12.1. The highest BCUT2D eigenvalue weighted by Crippen LogP contribution is 2.21. The SMILES string of the molecule is CC.CC.CN=O.COC(C)(C)OC1OCCC1O. The van der Waals surface area contributed by atoms with E-state index in [0.29, 0.717) is 13.0 Å². The molecule has 0 aromatic heterocycles. The first kappa shape index (κ1) is 23.5. The fourth-order valence-corrected chi connectivity index (χ4v) is 0.993. The van der Waals surface area contributed by atoms with E-state index >= 15 is 0 Å². The molecule has 0 aliphatic carbocycles. The third kappa shape index (κ3) is 13.7. The molecule has 19 heavy (non-hydrogen) atoms. The maximum absolute atomic E-state index is 9.34. The molecule has 0 saturated carbocycles. The van der Waals surface area contributed by atoms with Gasteiger partial charge in [0.25, 0.3) is 0 Å². The fraction of sp³-hybridized carbons (Fsp3) is 1.00. The third-order valence-electron chi connectivity index (χ3n) is 1.90. The Bertz CT molecular complexity index is 188. The Morgan fingerprint density at radius 2 is 1.68 bits per heavy atom. The van der Waals surface area contributed by atoms with E-state index in [2.05, 4.69) is 5.18 Å². The number of hydrogen-bond donors (Lipinski definition) is 1. The molecule has 2 unspecified atom stereocenters. The van der Waals surface area contributed by atoms with Crippen LogP contribution < -0.4 is 0 Å². The predicted octanol–water partition coefficient (Wildman–Crippen LogP) is 2.93. The Morgan fingerprint density at radius 3 is 1.95 bits per heavy atom. The molecule has 0 spiro atoms. The van der Waals surface area contributed by atoms with Gasteiger partial charge in [0.15, 0.2) is 12.1 Å². The number of nitroso groups, excluding NO2 is 1. The van der Waals surface area contributed by atoms with E-state index in [9.17, 15) is 5.11 Å². The van der Waals surface area contributed by atoms with Gasteiger partial charge in [0.05, 0.1) is 13.7 Å². The first-order valence-corrected chi connectivity index (χ1v) is 6.71. The van der Waals surface area contributed by atoms with Gasteiger partial charge in [-0.25, -0.2) is 0 Å². The van der Waals surface area contributed by atoms with Crippen molar-refractivity contribution in [1.82, 2.24) is 0 Å². The van der Waals surface area contributed by atoms with Crippen LogP contribution in [-0.4, -0.2) is 44.1 Å². The van der Waals surface area contributed by atoms with Gasteiger partial charge in [-0.1, -0.05) is 32.9 Å². The van der Waals surface area contributed by atoms with Gasteiger partial charge in [-0.3, -0.25) is 0 Å².